The van der Waals surface area contributed by atoms with E-state index in [2.05, 4.69) is 0 Å². The summed E-state index contributed by atoms with van der Waals surface area (Å²) in [5.74, 6) is 0. The van der Waals surface area contributed by atoms with E-state index in [1.165, 1.54) is 0 Å². The summed E-state index contributed by atoms with van der Waals surface area (Å²) in [6, 6.07) is 0. The van der Waals surface area contributed by atoms with Gasteiger partial charge in [0.25, 0.3) is 0 Å². The number of hydrogen-bond acceptors (Lipinski definition) is 0. The fraction of sp³-hybridized carbons (Fsp3) is 0. The Morgan fingerprint density at radius 2 is 1.00 bits per heavy atom. The fourth-order valence-electron chi connectivity index (χ4n) is 0. The van der Waals surface area contributed by atoms with Gasteiger partial charge in [-0.25, -0.2) is 0 Å². The Labute approximate surface area is 86.0 Å². The molecule has 0 radical (unpaired) electrons. The molecule has 0 saturated carbocycles. The van der Waals surface area contributed by atoms with Gasteiger partial charge in [-0.15, -0.1) is 0 Å². The Kier molecular flexibility index (Phi) is 122. The van der Waals surface area contributed by atoms with Crippen molar-refractivity contribution in [2.45, 2.75) is 0 Å². The molecule has 0 amide bonds. The van der Waals surface area contributed by atoms with Crippen LogP contribution in [-0.4, -0.2) is 40.7 Å². The van der Waals surface area contributed by atoms with E-state index in [1.807, 2.05) is 0 Å². The summed E-state index contributed by atoms with van der Waals surface area (Å²) in [7, 11) is 0. The molecular formula is H4CdSeTeZn. The number of rotatable bonds is 0. The Morgan fingerprint density at radius 3 is 1.00 bits per heavy atom. The van der Waals surface area contributed by atoms with Crippen molar-refractivity contribution in [3.8, 4) is 0 Å². The predicted octanol–water partition coefficient (Wildman–Crippen LogP) is -1.84. The average Bonchev–Trinajstić information content (AvgIpc) is 0. The average molecular weight is 388 g/mol. The second-order valence-electron chi connectivity index (χ2n) is 0. The quantitative estimate of drug-likeness (QED) is 0.428. The molecule has 0 aliphatic heterocycles. The molecule has 0 nitrogen and oxygen atoms in total. The molecule has 0 unspecified atom stereocenters. The molecule has 0 aromatic heterocycles. The Bertz CT molecular complexity index is 8.00. The summed E-state index contributed by atoms with van der Waals surface area (Å²) >= 11 is 0. The van der Waals surface area contributed by atoms with Gasteiger partial charge in [0.15, 0.2) is 0 Å². The topological polar surface area (TPSA) is 0 Å². The number of hydrogen-bond donors (Lipinski definition) is 0. The summed E-state index contributed by atoms with van der Waals surface area (Å²) in [5.41, 5.74) is 0. The third kappa shape index (κ3) is 8.85. The molecule has 0 saturated heterocycles. The van der Waals surface area contributed by atoms with Crippen LogP contribution >= 0.6 is 0 Å². The zero-order valence-corrected chi connectivity index (χ0v) is 14.4. The minimum absolute atomic E-state index is 0. The van der Waals surface area contributed by atoms with Crippen LogP contribution in [0.25, 0.3) is 0 Å². The largest absolute Gasteiger partial charge is 0 e. The van der Waals surface area contributed by atoms with Gasteiger partial charge in [0.05, 0.1) is 0 Å². The van der Waals surface area contributed by atoms with Crippen LogP contribution in [0.15, 0.2) is 0 Å². The van der Waals surface area contributed by atoms with E-state index in [-0.39, 0.29) is 87.5 Å². The second-order valence-corrected chi connectivity index (χ2v) is 0. The molecule has 0 aliphatic carbocycles. The zero-order chi connectivity index (χ0) is 0. The monoisotopic (exact) mass is 392 g/mol. The molecule has 0 aromatic carbocycles. The van der Waals surface area contributed by atoms with Crippen molar-refractivity contribution in [1.29, 1.82) is 0 Å². The molecule has 0 heterocycles. The Balaban J connectivity index is 0. The van der Waals surface area contributed by atoms with Crippen molar-refractivity contribution in [3.63, 3.8) is 0 Å². The van der Waals surface area contributed by atoms with Gasteiger partial charge >= 0.3 is 40.7 Å². The molecular weight excluding hydrogens is 384 g/mol. The molecule has 0 aromatic rings. The fourth-order valence-corrected chi connectivity index (χ4v) is 0. The van der Waals surface area contributed by atoms with Crippen LogP contribution in [0, 0.1) is 0 Å². The summed E-state index contributed by atoms with van der Waals surface area (Å²) in [4.78, 5) is 0. The van der Waals surface area contributed by atoms with Gasteiger partial charge in [0.2, 0.25) is 0 Å². The van der Waals surface area contributed by atoms with E-state index in [1.54, 1.807) is 0 Å². The summed E-state index contributed by atoms with van der Waals surface area (Å²) < 4.78 is 0. The minimum Gasteiger partial charge on any atom is 0 e. The molecule has 4 heteroatoms. The first kappa shape index (κ1) is 28.8. The normalized spacial score (nSPS) is 0. The molecule has 20 valence electrons. The first-order valence-electron chi connectivity index (χ1n) is 0. The molecule has 0 fully saturated rings. The maximum Gasteiger partial charge on any atom is 0 e. The van der Waals surface area contributed by atoms with Crippen LogP contribution in [0.5, 0.6) is 0 Å². The molecule has 0 rings (SSSR count). The van der Waals surface area contributed by atoms with Crippen molar-refractivity contribution >= 4 is 40.7 Å². The standard InChI is InChI=1S/Cd.H2Se.H2Te.Zn/h;2*1H2;. The van der Waals surface area contributed by atoms with E-state index >= 15 is 0 Å². The van der Waals surface area contributed by atoms with Crippen LogP contribution in [-0.2, 0) is 46.8 Å². The zero-order valence-electron chi connectivity index (χ0n) is 2.41. The summed E-state index contributed by atoms with van der Waals surface area (Å²) in [6.45, 7) is 0. The maximum atomic E-state index is 0. The second kappa shape index (κ2) is 16.9. The van der Waals surface area contributed by atoms with Gasteiger partial charge in [-0.2, -0.15) is 0 Å². The van der Waals surface area contributed by atoms with Gasteiger partial charge in [-0.3, -0.25) is 0 Å². The first-order chi connectivity index (χ1) is 0. The van der Waals surface area contributed by atoms with Gasteiger partial charge in [-0.1, -0.05) is 0 Å². The first-order valence-corrected chi connectivity index (χ1v) is 0. The molecule has 0 bridgehead atoms. The SMILES string of the molecule is [Cd].[SeH2].[TeH2].[Zn]. The van der Waals surface area contributed by atoms with E-state index in [9.17, 15) is 0 Å². The molecule has 0 spiro atoms. The van der Waals surface area contributed by atoms with E-state index in [0.29, 0.717) is 0 Å². The van der Waals surface area contributed by atoms with Crippen LogP contribution in [0.1, 0.15) is 0 Å². The Hall–Kier alpha value is 2.85. The van der Waals surface area contributed by atoms with Crippen LogP contribution < -0.4 is 0 Å². The predicted molar refractivity (Wildman–Crippen MR) is 17.1 cm³/mol. The van der Waals surface area contributed by atoms with Gasteiger partial charge in [0.1, 0.15) is 0 Å². The van der Waals surface area contributed by atoms with Crippen molar-refractivity contribution in [3.05, 3.63) is 0 Å². The summed E-state index contributed by atoms with van der Waals surface area (Å²) in [5, 5.41) is 0. The molecule has 0 aliphatic rings. The van der Waals surface area contributed by atoms with Gasteiger partial charge < -0.3 is 0 Å². The molecule has 0 N–H and O–H groups in total. The third-order valence-corrected chi connectivity index (χ3v) is 0. The maximum absolute atomic E-state index is 0. The van der Waals surface area contributed by atoms with Gasteiger partial charge in [-0.05, 0) is 0 Å². The minimum atomic E-state index is 0. The van der Waals surface area contributed by atoms with Crippen molar-refractivity contribution < 1.29 is 46.8 Å². The summed E-state index contributed by atoms with van der Waals surface area (Å²) in [6.07, 6.45) is 0. The van der Waals surface area contributed by atoms with Crippen molar-refractivity contribution in [2.75, 3.05) is 0 Å². The van der Waals surface area contributed by atoms with Crippen molar-refractivity contribution in [2.24, 2.45) is 0 Å². The molecule has 0 atom stereocenters. The van der Waals surface area contributed by atoms with Crippen LogP contribution in [0.3, 0.4) is 0 Å². The Morgan fingerprint density at radius 1 is 1.00 bits per heavy atom. The van der Waals surface area contributed by atoms with E-state index in [4.69, 9.17) is 0 Å². The van der Waals surface area contributed by atoms with Crippen LogP contribution in [0.2, 0.25) is 0 Å². The molecule has 4 heavy (non-hydrogen) atoms. The third-order valence-electron chi connectivity index (χ3n) is 0. The van der Waals surface area contributed by atoms with E-state index in [0.717, 1.165) is 0 Å². The van der Waals surface area contributed by atoms with Crippen LogP contribution in [0.4, 0.5) is 0 Å². The smallest absolute Gasteiger partial charge is 0 e. The van der Waals surface area contributed by atoms with E-state index < -0.39 is 0 Å². The van der Waals surface area contributed by atoms with Crippen molar-refractivity contribution in [1.82, 2.24) is 0 Å². The van der Waals surface area contributed by atoms with Gasteiger partial charge in [0, 0.05) is 46.8 Å².